The molecular weight excluding hydrogens is 308 g/mol. The van der Waals surface area contributed by atoms with Crippen LogP contribution in [0.5, 0.6) is 0 Å². The Morgan fingerprint density at radius 3 is 2.92 bits per heavy atom. The van der Waals surface area contributed by atoms with E-state index in [9.17, 15) is 14.7 Å². The van der Waals surface area contributed by atoms with Crippen LogP contribution in [0.25, 0.3) is 11.0 Å². The Morgan fingerprint density at radius 1 is 1.42 bits per heavy atom. The molecule has 1 aliphatic rings. The highest BCUT2D eigenvalue weighted by Crippen LogP contribution is 2.24. The summed E-state index contributed by atoms with van der Waals surface area (Å²) < 4.78 is 5.28. The third-order valence-electron chi connectivity index (χ3n) is 4.55. The van der Waals surface area contributed by atoms with Gasteiger partial charge in [-0.25, -0.2) is 4.79 Å². The number of benzene rings is 1. The quantitative estimate of drug-likeness (QED) is 0.841. The van der Waals surface area contributed by atoms with Gasteiger partial charge in [0.25, 0.3) is 0 Å². The van der Waals surface area contributed by atoms with Crippen LogP contribution >= 0.6 is 0 Å². The highest BCUT2D eigenvalue weighted by molar-refractivity contribution is 5.92. The number of carbonyl (C=O) groups is 1. The molecule has 0 radical (unpaired) electrons. The summed E-state index contributed by atoms with van der Waals surface area (Å²) in [6.07, 6.45) is 0.601. The van der Waals surface area contributed by atoms with Crippen LogP contribution in [0.15, 0.2) is 33.5 Å². The second-order valence-corrected chi connectivity index (χ2v) is 6.55. The second kappa shape index (κ2) is 6.75. The van der Waals surface area contributed by atoms with Gasteiger partial charge in [0.2, 0.25) is 5.91 Å². The number of aliphatic hydroxyl groups is 1. The summed E-state index contributed by atoms with van der Waals surface area (Å²) in [5, 5.41) is 13.6. The largest absolute Gasteiger partial charge is 0.423 e. The van der Waals surface area contributed by atoms with Gasteiger partial charge < -0.3 is 14.8 Å². The van der Waals surface area contributed by atoms with E-state index in [0.717, 1.165) is 23.9 Å². The van der Waals surface area contributed by atoms with Gasteiger partial charge in [0, 0.05) is 43.2 Å². The molecule has 1 saturated heterocycles. The first kappa shape index (κ1) is 16.7. The maximum atomic E-state index is 11.9. The standard InChI is InChI=1S/C18H22N2O4/c1-11-5-6-20(10-16(11)22)9-13-7-18(23)24-17-8-14(19-12(2)21)3-4-15(13)17/h3-4,7-8,11,16,22H,5-6,9-10H2,1-2H3,(H,19,21). The number of carbonyl (C=O) groups excluding carboxylic acids is 1. The van der Waals surface area contributed by atoms with Gasteiger partial charge in [-0.05, 0) is 36.6 Å². The number of nitrogens with zero attached hydrogens (tertiary/aromatic N) is 1. The number of piperidine rings is 1. The van der Waals surface area contributed by atoms with E-state index in [1.54, 1.807) is 12.1 Å². The summed E-state index contributed by atoms with van der Waals surface area (Å²) in [6.45, 7) is 5.57. The average Bonchev–Trinajstić information content (AvgIpc) is 2.50. The second-order valence-electron chi connectivity index (χ2n) is 6.55. The van der Waals surface area contributed by atoms with Gasteiger partial charge in [-0.2, -0.15) is 0 Å². The van der Waals surface area contributed by atoms with Crippen molar-refractivity contribution >= 4 is 22.6 Å². The van der Waals surface area contributed by atoms with Crippen molar-refractivity contribution in [1.29, 1.82) is 0 Å². The smallest absolute Gasteiger partial charge is 0.336 e. The summed E-state index contributed by atoms with van der Waals surface area (Å²) in [5.74, 6) is 0.128. The van der Waals surface area contributed by atoms with Crippen LogP contribution in [0.1, 0.15) is 25.8 Å². The third-order valence-corrected chi connectivity index (χ3v) is 4.55. The average molecular weight is 330 g/mol. The molecule has 1 amide bonds. The van der Waals surface area contributed by atoms with Gasteiger partial charge in [-0.1, -0.05) is 6.92 Å². The molecule has 1 aromatic heterocycles. The lowest BCUT2D eigenvalue weighted by Crippen LogP contribution is -2.42. The van der Waals surface area contributed by atoms with Crippen LogP contribution in [-0.4, -0.2) is 35.1 Å². The molecule has 2 N–H and O–H groups in total. The Labute approximate surface area is 140 Å². The maximum Gasteiger partial charge on any atom is 0.336 e. The molecule has 1 fully saturated rings. The lowest BCUT2D eigenvalue weighted by Gasteiger charge is -2.34. The molecule has 0 saturated carbocycles. The van der Waals surface area contributed by atoms with Crippen LogP contribution in [0, 0.1) is 5.92 Å². The molecule has 1 aromatic carbocycles. The molecule has 2 atom stereocenters. The third kappa shape index (κ3) is 3.66. The van der Waals surface area contributed by atoms with E-state index in [4.69, 9.17) is 4.42 Å². The summed E-state index contributed by atoms with van der Waals surface area (Å²) in [4.78, 5) is 25.2. The van der Waals surface area contributed by atoms with Crippen molar-refractivity contribution < 1.29 is 14.3 Å². The van der Waals surface area contributed by atoms with Gasteiger partial charge >= 0.3 is 5.63 Å². The summed E-state index contributed by atoms with van der Waals surface area (Å²) in [6, 6.07) is 6.81. The highest BCUT2D eigenvalue weighted by Gasteiger charge is 2.24. The van der Waals surface area contributed by atoms with Crippen LogP contribution < -0.4 is 10.9 Å². The minimum absolute atomic E-state index is 0.177. The number of likely N-dealkylation sites (tertiary alicyclic amines) is 1. The van der Waals surface area contributed by atoms with E-state index in [2.05, 4.69) is 17.1 Å². The molecule has 0 bridgehead atoms. The first-order chi connectivity index (χ1) is 11.4. The lowest BCUT2D eigenvalue weighted by atomic mass is 9.95. The van der Waals surface area contributed by atoms with Crippen molar-refractivity contribution in [3.63, 3.8) is 0 Å². The SMILES string of the molecule is CC(=O)Nc1ccc2c(CN3CCC(C)C(O)C3)cc(=O)oc2c1. The first-order valence-corrected chi connectivity index (χ1v) is 8.17. The maximum absolute atomic E-state index is 11.9. The van der Waals surface area contributed by atoms with Crippen LogP contribution in [0.4, 0.5) is 5.69 Å². The Morgan fingerprint density at radius 2 is 2.21 bits per heavy atom. The number of anilines is 1. The van der Waals surface area contributed by atoms with E-state index in [1.807, 2.05) is 6.07 Å². The molecule has 0 aliphatic carbocycles. The van der Waals surface area contributed by atoms with Gasteiger partial charge in [0.05, 0.1) is 6.10 Å². The first-order valence-electron chi connectivity index (χ1n) is 8.17. The molecule has 3 rings (SSSR count). The van der Waals surface area contributed by atoms with Gasteiger partial charge in [-0.15, -0.1) is 0 Å². The Bertz CT molecular complexity index is 814. The summed E-state index contributed by atoms with van der Waals surface area (Å²) >= 11 is 0. The monoisotopic (exact) mass is 330 g/mol. The number of β-amino-alcohol motifs (C(OH)–C–C–N with tert-alkyl or cyclic N) is 1. The zero-order chi connectivity index (χ0) is 17.3. The van der Waals surface area contributed by atoms with E-state index in [1.165, 1.54) is 13.0 Å². The van der Waals surface area contributed by atoms with Crippen molar-refractivity contribution in [3.05, 3.63) is 40.2 Å². The number of fused-ring (bicyclic) bond motifs is 1. The summed E-state index contributed by atoms with van der Waals surface area (Å²) in [7, 11) is 0. The Hall–Kier alpha value is -2.18. The number of rotatable bonds is 3. The normalized spacial score (nSPS) is 21.8. The van der Waals surface area contributed by atoms with Gasteiger partial charge in [0.1, 0.15) is 5.58 Å². The number of nitrogens with one attached hydrogen (secondary N) is 1. The van der Waals surface area contributed by atoms with E-state index >= 15 is 0 Å². The fourth-order valence-electron chi connectivity index (χ4n) is 3.14. The molecule has 6 nitrogen and oxygen atoms in total. The molecular formula is C18H22N2O4. The number of hydrogen-bond donors (Lipinski definition) is 2. The minimum Gasteiger partial charge on any atom is -0.423 e. The van der Waals surface area contributed by atoms with Crippen LogP contribution in [0.2, 0.25) is 0 Å². The van der Waals surface area contributed by atoms with E-state index in [-0.39, 0.29) is 12.0 Å². The van der Waals surface area contributed by atoms with Crippen LogP contribution in [-0.2, 0) is 11.3 Å². The fourth-order valence-corrected chi connectivity index (χ4v) is 3.14. The Kier molecular flexibility index (Phi) is 4.69. The molecule has 2 heterocycles. The topological polar surface area (TPSA) is 82.8 Å². The predicted molar refractivity (Wildman–Crippen MR) is 91.9 cm³/mol. The lowest BCUT2D eigenvalue weighted by molar-refractivity contribution is -0.114. The van der Waals surface area contributed by atoms with Crippen molar-refractivity contribution in [2.45, 2.75) is 32.9 Å². The summed E-state index contributed by atoms with van der Waals surface area (Å²) in [5.41, 5.74) is 1.51. The predicted octanol–water partition coefficient (Wildman–Crippen LogP) is 1.95. The highest BCUT2D eigenvalue weighted by atomic mass is 16.4. The Balaban J connectivity index is 1.90. The van der Waals surface area contributed by atoms with Crippen molar-refractivity contribution in [2.24, 2.45) is 5.92 Å². The molecule has 1 aliphatic heterocycles. The molecule has 2 aromatic rings. The van der Waals surface area contributed by atoms with E-state index < -0.39 is 5.63 Å². The molecule has 24 heavy (non-hydrogen) atoms. The van der Waals surface area contributed by atoms with Crippen molar-refractivity contribution in [2.75, 3.05) is 18.4 Å². The molecule has 128 valence electrons. The van der Waals surface area contributed by atoms with Gasteiger partial charge in [-0.3, -0.25) is 9.69 Å². The van der Waals surface area contributed by atoms with Crippen LogP contribution in [0.3, 0.4) is 0 Å². The van der Waals surface area contributed by atoms with E-state index in [0.29, 0.717) is 30.3 Å². The number of amides is 1. The fraction of sp³-hybridized carbons (Fsp3) is 0.444. The molecule has 0 spiro atoms. The molecule has 2 unspecified atom stereocenters. The van der Waals surface area contributed by atoms with Crippen molar-refractivity contribution in [3.8, 4) is 0 Å². The number of hydrogen-bond acceptors (Lipinski definition) is 5. The number of aliphatic hydroxyl groups excluding tert-OH is 1. The minimum atomic E-state index is -0.414. The molecule has 6 heteroatoms. The zero-order valence-electron chi connectivity index (χ0n) is 13.9. The van der Waals surface area contributed by atoms with Crippen molar-refractivity contribution in [1.82, 2.24) is 4.90 Å². The zero-order valence-corrected chi connectivity index (χ0v) is 13.9. The van der Waals surface area contributed by atoms with Gasteiger partial charge in [0.15, 0.2) is 0 Å².